The highest BCUT2D eigenvalue weighted by atomic mass is 35.5. The van der Waals surface area contributed by atoms with E-state index in [0.29, 0.717) is 43.4 Å². The van der Waals surface area contributed by atoms with Crippen LogP contribution in [-0.4, -0.2) is 40.9 Å². The minimum absolute atomic E-state index is 0.00941. The van der Waals surface area contributed by atoms with Crippen molar-refractivity contribution in [3.05, 3.63) is 89.2 Å². The lowest BCUT2D eigenvalue weighted by Crippen LogP contribution is -2.33. The van der Waals surface area contributed by atoms with Crippen molar-refractivity contribution in [1.29, 1.82) is 0 Å². The Labute approximate surface area is 229 Å². The van der Waals surface area contributed by atoms with Crippen LogP contribution in [0.5, 0.6) is 5.75 Å². The number of fused-ring (bicyclic) bond motifs is 6. The molecule has 4 heterocycles. The molecule has 0 aliphatic carbocycles. The van der Waals surface area contributed by atoms with E-state index in [-0.39, 0.29) is 11.8 Å². The standard InChI is InChI=1S/C30H26ClN5O3/c31-14-18-15-36(29(37)23-12-21-19-9-11-35(30(32)38)24(19)7-6-22(21)34-23)25-13-26(28-20(27(18)25)8-10-33-28)39-16-17-4-2-1-3-5-17/h1-8,10,12-13,18,33-34H,9,11,14-16H2,(H2,32,38)/t18-/m1/s1. The minimum atomic E-state index is -0.470. The third-order valence-electron chi connectivity index (χ3n) is 7.86. The molecule has 0 spiro atoms. The number of amides is 3. The number of carbonyl (C=O) groups excluding carboxylic acids is 2. The highest BCUT2D eigenvalue weighted by Gasteiger charge is 2.36. The Morgan fingerprint density at radius 1 is 1.03 bits per heavy atom. The zero-order valence-corrected chi connectivity index (χ0v) is 21.8. The Hall–Kier alpha value is -4.43. The molecule has 0 radical (unpaired) electrons. The molecule has 2 aromatic heterocycles. The van der Waals surface area contributed by atoms with Crippen LogP contribution in [0.25, 0.3) is 21.8 Å². The Kier molecular flexibility index (Phi) is 5.52. The van der Waals surface area contributed by atoms with Crippen molar-refractivity contribution in [3.63, 3.8) is 0 Å². The first-order valence-corrected chi connectivity index (χ1v) is 13.5. The fraction of sp³-hybridized carbons (Fsp3) is 0.200. The number of rotatable bonds is 5. The summed E-state index contributed by atoms with van der Waals surface area (Å²) in [5, 5.41) is 1.94. The molecule has 0 bridgehead atoms. The molecule has 2 aliphatic rings. The molecule has 0 saturated heterocycles. The molecule has 3 aromatic carbocycles. The molecule has 39 heavy (non-hydrogen) atoms. The number of aromatic amines is 2. The van der Waals surface area contributed by atoms with E-state index >= 15 is 0 Å². The lowest BCUT2D eigenvalue weighted by atomic mass is 9.99. The number of halogens is 1. The van der Waals surface area contributed by atoms with Crippen LogP contribution in [0.3, 0.4) is 0 Å². The van der Waals surface area contributed by atoms with Gasteiger partial charge < -0.3 is 25.3 Å². The summed E-state index contributed by atoms with van der Waals surface area (Å²) >= 11 is 6.44. The summed E-state index contributed by atoms with van der Waals surface area (Å²) in [6.07, 6.45) is 2.58. The van der Waals surface area contributed by atoms with Crippen LogP contribution in [0.4, 0.5) is 16.2 Å². The number of nitrogens with one attached hydrogen (secondary N) is 2. The molecular formula is C30H26ClN5O3. The van der Waals surface area contributed by atoms with Gasteiger partial charge in [0.15, 0.2) is 0 Å². The summed E-state index contributed by atoms with van der Waals surface area (Å²) in [6.45, 7) is 1.42. The maximum Gasteiger partial charge on any atom is 0.319 e. The van der Waals surface area contributed by atoms with Crippen LogP contribution >= 0.6 is 11.6 Å². The van der Waals surface area contributed by atoms with E-state index in [0.717, 1.165) is 49.9 Å². The fourth-order valence-electron chi connectivity index (χ4n) is 6.04. The highest BCUT2D eigenvalue weighted by molar-refractivity contribution is 6.19. The van der Waals surface area contributed by atoms with Crippen molar-refractivity contribution in [1.82, 2.24) is 9.97 Å². The predicted octanol–water partition coefficient (Wildman–Crippen LogP) is 5.65. The zero-order chi connectivity index (χ0) is 26.7. The maximum atomic E-state index is 14.0. The maximum absolute atomic E-state index is 14.0. The molecule has 7 rings (SSSR count). The third-order valence-corrected chi connectivity index (χ3v) is 8.23. The average Bonchev–Trinajstić information content (AvgIpc) is 3.74. The number of primary amides is 1. The first-order chi connectivity index (χ1) is 19.0. The molecule has 0 saturated carbocycles. The Bertz CT molecular complexity index is 1760. The second kappa shape index (κ2) is 9.10. The topological polar surface area (TPSA) is 107 Å². The Morgan fingerprint density at radius 2 is 1.87 bits per heavy atom. The number of anilines is 2. The number of hydrogen-bond donors (Lipinski definition) is 3. The minimum Gasteiger partial charge on any atom is -0.487 e. The van der Waals surface area contributed by atoms with Crippen LogP contribution in [0.2, 0.25) is 0 Å². The second-order valence-corrected chi connectivity index (χ2v) is 10.4. The van der Waals surface area contributed by atoms with E-state index in [1.165, 1.54) is 0 Å². The second-order valence-electron chi connectivity index (χ2n) is 10.1. The number of aromatic nitrogens is 2. The summed E-state index contributed by atoms with van der Waals surface area (Å²) in [4.78, 5) is 35.8. The predicted molar refractivity (Wildman–Crippen MR) is 153 cm³/mol. The van der Waals surface area contributed by atoms with E-state index in [1.807, 2.05) is 66.9 Å². The summed E-state index contributed by atoms with van der Waals surface area (Å²) in [6, 6.07) is 19.2. The van der Waals surface area contributed by atoms with Gasteiger partial charge in [-0.1, -0.05) is 30.3 Å². The van der Waals surface area contributed by atoms with Crippen LogP contribution in [0, 0.1) is 0 Å². The van der Waals surface area contributed by atoms with Gasteiger partial charge in [-0.15, -0.1) is 11.6 Å². The number of H-pyrrole nitrogens is 2. The van der Waals surface area contributed by atoms with Crippen LogP contribution in [-0.2, 0) is 13.0 Å². The summed E-state index contributed by atoms with van der Waals surface area (Å²) in [7, 11) is 0. The van der Waals surface area contributed by atoms with Crippen molar-refractivity contribution in [2.45, 2.75) is 18.9 Å². The summed E-state index contributed by atoms with van der Waals surface area (Å²) in [5.41, 5.74) is 12.5. The van der Waals surface area contributed by atoms with E-state index in [9.17, 15) is 9.59 Å². The van der Waals surface area contributed by atoms with E-state index in [1.54, 1.807) is 9.80 Å². The molecule has 196 valence electrons. The van der Waals surface area contributed by atoms with Gasteiger partial charge in [-0.05, 0) is 47.4 Å². The monoisotopic (exact) mass is 539 g/mol. The molecule has 0 unspecified atom stereocenters. The highest BCUT2D eigenvalue weighted by Crippen LogP contribution is 2.46. The Balaban J connectivity index is 1.27. The summed E-state index contributed by atoms with van der Waals surface area (Å²) < 4.78 is 6.27. The van der Waals surface area contributed by atoms with E-state index in [2.05, 4.69) is 9.97 Å². The quantitative estimate of drug-likeness (QED) is 0.251. The van der Waals surface area contributed by atoms with Gasteiger partial charge in [-0.2, -0.15) is 0 Å². The zero-order valence-electron chi connectivity index (χ0n) is 21.0. The molecule has 0 fully saturated rings. The van der Waals surface area contributed by atoms with Crippen LogP contribution in [0.15, 0.2) is 66.9 Å². The van der Waals surface area contributed by atoms with Gasteiger partial charge in [-0.25, -0.2) is 4.79 Å². The lowest BCUT2D eigenvalue weighted by Gasteiger charge is -2.18. The molecule has 4 N–H and O–H groups in total. The molecule has 9 heteroatoms. The molecule has 2 aliphatic heterocycles. The fourth-order valence-corrected chi connectivity index (χ4v) is 6.29. The van der Waals surface area contributed by atoms with Gasteiger partial charge in [0.1, 0.15) is 18.1 Å². The van der Waals surface area contributed by atoms with Crippen molar-refractivity contribution < 1.29 is 14.3 Å². The van der Waals surface area contributed by atoms with E-state index < -0.39 is 6.03 Å². The molecule has 1 atom stereocenters. The van der Waals surface area contributed by atoms with Gasteiger partial charge >= 0.3 is 6.03 Å². The molecular weight excluding hydrogens is 514 g/mol. The van der Waals surface area contributed by atoms with Crippen LogP contribution in [0.1, 0.15) is 33.1 Å². The van der Waals surface area contributed by atoms with Gasteiger partial charge in [0.25, 0.3) is 5.91 Å². The van der Waals surface area contributed by atoms with E-state index in [4.69, 9.17) is 22.1 Å². The molecule has 8 nitrogen and oxygen atoms in total. The number of nitrogens with two attached hydrogens (primary N) is 1. The first kappa shape index (κ1) is 23.7. The van der Waals surface area contributed by atoms with Gasteiger partial charge in [0, 0.05) is 59.1 Å². The number of hydrogen-bond acceptors (Lipinski definition) is 3. The van der Waals surface area contributed by atoms with Gasteiger partial charge in [-0.3, -0.25) is 9.69 Å². The molecule has 5 aromatic rings. The lowest BCUT2D eigenvalue weighted by molar-refractivity contribution is 0.0984. The van der Waals surface area contributed by atoms with Crippen molar-refractivity contribution in [2.24, 2.45) is 5.73 Å². The number of carbonyl (C=O) groups is 2. The Morgan fingerprint density at radius 3 is 2.67 bits per heavy atom. The normalized spacial score (nSPS) is 16.2. The largest absolute Gasteiger partial charge is 0.487 e. The van der Waals surface area contributed by atoms with Gasteiger partial charge in [0.05, 0.1) is 11.2 Å². The first-order valence-electron chi connectivity index (χ1n) is 12.9. The molecule has 3 amide bonds. The number of alkyl halides is 1. The average molecular weight is 540 g/mol. The number of nitrogens with zero attached hydrogens (tertiary/aromatic N) is 2. The smallest absolute Gasteiger partial charge is 0.319 e. The van der Waals surface area contributed by atoms with Crippen LogP contribution < -0.4 is 20.3 Å². The third kappa shape index (κ3) is 3.74. The number of urea groups is 1. The SMILES string of the molecule is NC(=O)N1CCc2c1ccc1[nH]c(C(=O)N3C[C@@H](CCl)c4c3cc(OCc3ccccc3)c3[nH]ccc43)cc21. The number of benzene rings is 3. The number of ether oxygens (including phenoxy) is 1. The summed E-state index contributed by atoms with van der Waals surface area (Å²) in [5.74, 6) is 0.934. The van der Waals surface area contributed by atoms with Crippen molar-refractivity contribution >= 4 is 56.7 Å². The van der Waals surface area contributed by atoms with Crippen molar-refractivity contribution in [2.75, 3.05) is 28.8 Å². The van der Waals surface area contributed by atoms with Gasteiger partial charge in [0.2, 0.25) is 0 Å². The van der Waals surface area contributed by atoms with Crippen molar-refractivity contribution in [3.8, 4) is 5.75 Å².